The summed E-state index contributed by atoms with van der Waals surface area (Å²) >= 11 is 0. The summed E-state index contributed by atoms with van der Waals surface area (Å²) < 4.78 is 5.25. The van der Waals surface area contributed by atoms with Gasteiger partial charge in [-0.25, -0.2) is 5.01 Å². The fourth-order valence-corrected chi connectivity index (χ4v) is 3.94. The van der Waals surface area contributed by atoms with Crippen molar-refractivity contribution in [2.45, 2.75) is 25.3 Å². The number of carbonyl (C=O) groups excluding carboxylic acids is 1. The van der Waals surface area contributed by atoms with Gasteiger partial charge < -0.3 is 4.74 Å². The van der Waals surface area contributed by atoms with Crippen LogP contribution in [0.25, 0.3) is 0 Å². The number of hydrogen-bond acceptors (Lipinski definition) is 4. The summed E-state index contributed by atoms with van der Waals surface area (Å²) in [6.45, 7) is 2.04. The van der Waals surface area contributed by atoms with E-state index in [-0.39, 0.29) is 5.91 Å². The van der Waals surface area contributed by atoms with Gasteiger partial charge in [0.2, 0.25) is 0 Å². The van der Waals surface area contributed by atoms with Crippen molar-refractivity contribution in [2.75, 3.05) is 26.7 Å². The smallest absolute Gasteiger partial charge is 0.256 e. The summed E-state index contributed by atoms with van der Waals surface area (Å²) in [5, 5.41) is 6.22. The molecule has 1 atom stereocenters. The van der Waals surface area contributed by atoms with Crippen molar-refractivity contribution < 1.29 is 9.53 Å². The molecule has 1 amide bonds. The molecule has 1 unspecified atom stereocenters. The van der Waals surface area contributed by atoms with Crippen molar-refractivity contribution in [1.29, 1.82) is 0 Å². The van der Waals surface area contributed by atoms with Gasteiger partial charge in [0.25, 0.3) is 5.91 Å². The monoisotopic (exact) mass is 363 g/mol. The van der Waals surface area contributed by atoms with E-state index in [1.54, 1.807) is 12.1 Å². The molecule has 5 nitrogen and oxygen atoms in total. The fourth-order valence-electron chi connectivity index (χ4n) is 3.94. The summed E-state index contributed by atoms with van der Waals surface area (Å²) in [4.78, 5) is 15.1. The van der Waals surface area contributed by atoms with Gasteiger partial charge in [-0.3, -0.25) is 9.69 Å². The van der Waals surface area contributed by atoms with Gasteiger partial charge in [0.1, 0.15) is 5.75 Å². The number of hydrazone groups is 1. The molecular weight excluding hydrogens is 338 g/mol. The van der Waals surface area contributed by atoms with Crippen LogP contribution in [0.2, 0.25) is 0 Å². The van der Waals surface area contributed by atoms with Crippen LogP contribution in [0, 0.1) is 0 Å². The van der Waals surface area contributed by atoms with Crippen LogP contribution in [0.15, 0.2) is 59.7 Å². The zero-order valence-electron chi connectivity index (χ0n) is 15.7. The van der Waals surface area contributed by atoms with E-state index in [9.17, 15) is 4.79 Å². The minimum Gasteiger partial charge on any atom is -0.497 e. The van der Waals surface area contributed by atoms with Crippen molar-refractivity contribution in [3.63, 3.8) is 0 Å². The van der Waals surface area contributed by atoms with Gasteiger partial charge in [-0.15, -0.1) is 0 Å². The van der Waals surface area contributed by atoms with Gasteiger partial charge in [0.05, 0.1) is 25.9 Å². The number of methoxy groups -OCH3 is 1. The maximum atomic E-state index is 12.8. The number of benzene rings is 2. The zero-order chi connectivity index (χ0) is 18.6. The molecule has 1 saturated heterocycles. The van der Waals surface area contributed by atoms with Crippen LogP contribution in [-0.2, 0) is 4.79 Å². The van der Waals surface area contributed by atoms with Crippen LogP contribution in [0.5, 0.6) is 5.75 Å². The third-order valence-corrected chi connectivity index (χ3v) is 5.40. The highest BCUT2D eigenvalue weighted by Crippen LogP contribution is 2.32. The van der Waals surface area contributed by atoms with E-state index in [1.807, 2.05) is 42.5 Å². The van der Waals surface area contributed by atoms with Gasteiger partial charge in [0.15, 0.2) is 0 Å². The fraction of sp³-hybridized carbons (Fsp3) is 0.364. The first-order valence-electron chi connectivity index (χ1n) is 9.56. The molecule has 0 bridgehead atoms. The topological polar surface area (TPSA) is 45.1 Å². The van der Waals surface area contributed by atoms with Crippen molar-refractivity contribution in [1.82, 2.24) is 9.91 Å². The minimum atomic E-state index is 0.0846. The molecule has 4 rings (SSSR count). The Labute approximate surface area is 160 Å². The molecule has 5 heteroatoms. The summed E-state index contributed by atoms with van der Waals surface area (Å²) in [5.41, 5.74) is 3.35. The largest absolute Gasteiger partial charge is 0.497 e. The van der Waals surface area contributed by atoms with Gasteiger partial charge in [0, 0.05) is 12.5 Å². The molecule has 2 aliphatic rings. The Morgan fingerprint density at radius 1 is 1.11 bits per heavy atom. The average Bonchev–Trinajstić information content (AvgIpc) is 3.38. The van der Waals surface area contributed by atoms with E-state index in [1.165, 1.54) is 5.56 Å². The van der Waals surface area contributed by atoms with Gasteiger partial charge in [-0.1, -0.05) is 42.5 Å². The lowest BCUT2D eigenvalue weighted by Gasteiger charge is -2.25. The number of carbonyl (C=O) groups is 1. The van der Waals surface area contributed by atoms with Crippen LogP contribution in [0.4, 0.5) is 0 Å². The van der Waals surface area contributed by atoms with Gasteiger partial charge >= 0.3 is 0 Å². The second-order valence-corrected chi connectivity index (χ2v) is 7.08. The predicted octanol–water partition coefficient (Wildman–Crippen LogP) is 3.47. The molecule has 1 fully saturated rings. The molecule has 27 heavy (non-hydrogen) atoms. The highest BCUT2D eigenvalue weighted by Gasteiger charge is 2.30. The first-order valence-corrected chi connectivity index (χ1v) is 9.56. The molecule has 0 N–H and O–H groups in total. The maximum absolute atomic E-state index is 12.8. The Morgan fingerprint density at radius 3 is 2.63 bits per heavy atom. The quantitative estimate of drug-likeness (QED) is 0.817. The van der Waals surface area contributed by atoms with Crippen molar-refractivity contribution in [2.24, 2.45) is 5.10 Å². The SMILES string of the molecule is COc1ccc(C2CCCN2CC(=O)N2CCC(c3ccccc3)=N2)cc1. The third kappa shape index (κ3) is 3.88. The number of hydrogen-bond donors (Lipinski definition) is 0. The van der Waals surface area contributed by atoms with E-state index < -0.39 is 0 Å². The van der Waals surface area contributed by atoms with Crippen LogP contribution >= 0.6 is 0 Å². The molecular formula is C22H25N3O2. The Balaban J connectivity index is 1.42. The average molecular weight is 363 g/mol. The Morgan fingerprint density at radius 2 is 1.89 bits per heavy atom. The van der Waals surface area contributed by atoms with Gasteiger partial charge in [-0.05, 0) is 42.6 Å². The van der Waals surface area contributed by atoms with Crippen molar-refractivity contribution in [3.05, 3.63) is 65.7 Å². The van der Waals surface area contributed by atoms with Crippen LogP contribution in [0.1, 0.15) is 36.4 Å². The minimum absolute atomic E-state index is 0.0846. The maximum Gasteiger partial charge on any atom is 0.256 e. The first-order chi connectivity index (χ1) is 13.2. The number of ether oxygens (including phenoxy) is 1. The first kappa shape index (κ1) is 17.7. The lowest BCUT2D eigenvalue weighted by molar-refractivity contribution is -0.132. The van der Waals surface area contributed by atoms with Crippen LogP contribution < -0.4 is 4.74 Å². The highest BCUT2D eigenvalue weighted by molar-refractivity contribution is 6.02. The Hall–Kier alpha value is -2.66. The molecule has 0 saturated carbocycles. The van der Waals surface area contributed by atoms with Gasteiger partial charge in [-0.2, -0.15) is 5.10 Å². The van der Waals surface area contributed by atoms with Crippen LogP contribution in [0.3, 0.4) is 0 Å². The molecule has 0 spiro atoms. The second-order valence-electron chi connectivity index (χ2n) is 7.08. The molecule has 2 aromatic rings. The summed E-state index contributed by atoms with van der Waals surface area (Å²) in [6, 6.07) is 18.6. The predicted molar refractivity (Wildman–Crippen MR) is 106 cm³/mol. The van der Waals surface area contributed by atoms with E-state index in [0.29, 0.717) is 19.1 Å². The number of amides is 1. The molecule has 2 aromatic carbocycles. The highest BCUT2D eigenvalue weighted by atomic mass is 16.5. The number of rotatable bonds is 5. The Bertz CT molecular complexity index is 817. The molecule has 0 aromatic heterocycles. The van der Waals surface area contributed by atoms with Crippen LogP contribution in [-0.4, -0.2) is 48.3 Å². The van der Waals surface area contributed by atoms with E-state index >= 15 is 0 Å². The third-order valence-electron chi connectivity index (χ3n) is 5.40. The summed E-state index contributed by atoms with van der Waals surface area (Å²) in [5.74, 6) is 0.945. The van der Waals surface area contributed by atoms with E-state index in [4.69, 9.17) is 4.74 Å². The standard InChI is InChI=1S/C22H25N3O2/c1-27-19-11-9-18(10-12-19)21-8-5-14-24(21)16-22(26)25-15-13-20(23-25)17-6-3-2-4-7-17/h2-4,6-7,9-12,21H,5,8,13-16H2,1H3. The zero-order valence-corrected chi connectivity index (χ0v) is 15.7. The van der Waals surface area contributed by atoms with E-state index in [2.05, 4.69) is 22.1 Å². The van der Waals surface area contributed by atoms with Crippen molar-refractivity contribution >= 4 is 11.6 Å². The second kappa shape index (κ2) is 7.92. The number of likely N-dealkylation sites (tertiary alicyclic amines) is 1. The van der Waals surface area contributed by atoms with E-state index in [0.717, 1.165) is 42.8 Å². The lowest BCUT2D eigenvalue weighted by atomic mass is 10.0. The molecule has 0 radical (unpaired) electrons. The van der Waals surface area contributed by atoms with Crippen molar-refractivity contribution in [3.8, 4) is 5.75 Å². The molecule has 2 heterocycles. The summed E-state index contributed by atoms with van der Waals surface area (Å²) in [7, 11) is 1.68. The lowest BCUT2D eigenvalue weighted by Crippen LogP contribution is -2.36. The molecule has 2 aliphatic heterocycles. The molecule has 140 valence electrons. The normalized spacial score (nSPS) is 20.0. The number of nitrogens with zero attached hydrogens (tertiary/aromatic N) is 3. The molecule has 0 aliphatic carbocycles. The Kier molecular flexibility index (Phi) is 5.21. The summed E-state index contributed by atoms with van der Waals surface area (Å²) in [6.07, 6.45) is 3.01.